The number of carbonyl (C=O) groups is 1. The van der Waals surface area contributed by atoms with E-state index in [1.807, 2.05) is 30.3 Å². The number of piperidine rings is 1. The first kappa shape index (κ1) is 23.2. The van der Waals surface area contributed by atoms with Crippen LogP contribution in [0.5, 0.6) is 0 Å². The molecule has 3 aromatic rings. The fourth-order valence-corrected chi connectivity index (χ4v) is 4.93. The van der Waals surface area contributed by atoms with Gasteiger partial charge < -0.3 is 10.3 Å². The van der Waals surface area contributed by atoms with Crippen molar-refractivity contribution in [3.63, 3.8) is 0 Å². The molecule has 7 nitrogen and oxygen atoms in total. The molecular formula is C22H23F3N4O3S. The number of alkyl halides is 3. The van der Waals surface area contributed by atoms with Crippen LogP contribution >= 0.6 is 0 Å². The van der Waals surface area contributed by atoms with E-state index < -0.39 is 28.1 Å². The maximum atomic E-state index is 13.1. The molecule has 11 heteroatoms. The monoisotopic (exact) mass is 480 g/mol. The number of nitrogens with one attached hydrogen (secondary N) is 2. The molecule has 0 aliphatic carbocycles. The van der Waals surface area contributed by atoms with Gasteiger partial charge >= 0.3 is 6.18 Å². The quantitative estimate of drug-likeness (QED) is 0.585. The molecule has 0 bridgehead atoms. The number of sulfonamides is 1. The van der Waals surface area contributed by atoms with Gasteiger partial charge in [0.2, 0.25) is 21.8 Å². The molecule has 0 spiro atoms. The number of halogens is 3. The van der Waals surface area contributed by atoms with Gasteiger partial charge in [0.15, 0.2) is 0 Å². The molecule has 176 valence electrons. The molecule has 0 radical (unpaired) electrons. The summed E-state index contributed by atoms with van der Waals surface area (Å²) < 4.78 is 63.9. The second-order valence-electron chi connectivity index (χ2n) is 8.15. The molecule has 0 saturated carbocycles. The lowest BCUT2D eigenvalue weighted by molar-refractivity contribution is -0.144. The molecule has 1 unspecified atom stereocenters. The Hall–Kier alpha value is -2.92. The Bertz CT molecular complexity index is 1250. The molecule has 2 N–H and O–H groups in total. The Morgan fingerprint density at radius 2 is 1.79 bits per heavy atom. The molecular weight excluding hydrogens is 457 g/mol. The maximum absolute atomic E-state index is 13.1. The first-order chi connectivity index (χ1) is 15.5. The number of fused-ring (bicyclic) bond motifs is 1. The van der Waals surface area contributed by atoms with Gasteiger partial charge in [-0.3, -0.25) is 4.79 Å². The number of hydrogen-bond donors (Lipinski definition) is 2. The highest BCUT2D eigenvalue weighted by Crippen LogP contribution is 2.31. The predicted molar refractivity (Wildman–Crippen MR) is 117 cm³/mol. The highest BCUT2D eigenvalue weighted by molar-refractivity contribution is 7.88. The predicted octanol–water partition coefficient (Wildman–Crippen LogP) is 3.46. The lowest BCUT2D eigenvalue weighted by atomic mass is 9.94. The number of H-pyrrole nitrogens is 1. The lowest BCUT2D eigenvalue weighted by Crippen LogP contribution is -2.43. The van der Waals surface area contributed by atoms with Crippen molar-refractivity contribution in [1.82, 2.24) is 19.6 Å². The van der Waals surface area contributed by atoms with E-state index in [-0.39, 0.29) is 35.9 Å². The summed E-state index contributed by atoms with van der Waals surface area (Å²) in [5.41, 5.74) is 1.77. The molecule has 1 amide bonds. The standard InChI is InChI=1S/C22H23F3N4O3S/c1-33(31,32)29-11-9-15(10-12-29)20(30)28-19(14-5-3-2-4-6-14)16-7-8-17-18(13-16)27-21(26-17)22(23,24)25/h2-8,13,15,19H,9-12H2,1H3,(H,26,27)(H,28,30). The zero-order valence-corrected chi connectivity index (χ0v) is 18.6. The number of aromatic amines is 1. The van der Waals surface area contributed by atoms with Crippen LogP contribution in [0.1, 0.15) is 35.8 Å². The van der Waals surface area contributed by atoms with E-state index in [4.69, 9.17) is 0 Å². The molecule has 1 aliphatic rings. The van der Waals surface area contributed by atoms with Crippen molar-refractivity contribution in [3.8, 4) is 0 Å². The molecule has 1 atom stereocenters. The minimum Gasteiger partial charge on any atom is -0.345 e. The second kappa shape index (κ2) is 8.79. The van der Waals surface area contributed by atoms with Crippen LogP contribution in [-0.4, -0.2) is 47.9 Å². The van der Waals surface area contributed by atoms with Gasteiger partial charge in [-0.25, -0.2) is 17.7 Å². The van der Waals surface area contributed by atoms with Gasteiger partial charge in [0.25, 0.3) is 0 Å². The maximum Gasteiger partial charge on any atom is 0.449 e. The summed E-state index contributed by atoms with van der Waals surface area (Å²) in [6.45, 7) is 0.542. The van der Waals surface area contributed by atoms with E-state index in [1.165, 1.54) is 10.4 Å². The van der Waals surface area contributed by atoms with E-state index >= 15 is 0 Å². The second-order valence-corrected chi connectivity index (χ2v) is 10.1. The largest absolute Gasteiger partial charge is 0.449 e. The van der Waals surface area contributed by atoms with Crippen LogP contribution in [0.3, 0.4) is 0 Å². The summed E-state index contributed by atoms with van der Waals surface area (Å²) in [4.78, 5) is 19.0. The third kappa shape index (κ3) is 5.19. The van der Waals surface area contributed by atoms with Crippen molar-refractivity contribution < 1.29 is 26.4 Å². The van der Waals surface area contributed by atoms with Gasteiger partial charge in [-0.1, -0.05) is 36.4 Å². The number of rotatable bonds is 5. The molecule has 4 rings (SSSR count). The molecule has 1 aliphatic heterocycles. The van der Waals surface area contributed by atoms with Crippen LogP contribution in [-0.2, 0) is 21.0 Å². The summed E-state index contributed by atoms with van der Waals surface area (Å²) in [7, 11) is -3.30. The Morgan fingerprint density at radius 3 is 2.39 bits per heavy atom. The zero-order chi connectivity index (χ0) is 23.8. The van der Waals surface area contributed by atoms with Gasteiger partial charge in [-0.05, 0) is 36.1 Å². The van der Waals surface area contributed by atoms with Crippen molar-refractivity contribution >= 4 is 27.0 Å². The summed E-state index contributed by atoms with van der Waals surface area (Å²) >= 11 is 0. The van der Waals surface area contributed by atoms with Gasteiger partial charge in [-0.2, -0.15) is 13.2 Å². The van der Waals surface area contributed by atoms with Gasteiger partial charge in [0.1, 0.15) is 0 Å². The first-order valence-corrected chi connectivity index (χ1v) is 12.2. The average Bonchev–Trinajstić information content (AvgIpc) is 3.21. The molecule has 1 aromatic heterocycles. The highest BCUT2D eigenvalue weighted by atomic mass is 32.2. The van der Waals surface area contributed by atoms with Crippen LogP contribution in [0.25, 0.3) is 11.0 Å². The van der Waals surface area contributed by atoms with Crippen molar-refractivity contribution in [2.75, 3.05) is 19.3 Å². The smallest absolute Gasteiger partial charge is 0.345 e. The number of benzene rings is 2. The third-order valence-corrected chi connectivity index (χ3v) is 7.12. The van der Waals surface area contributed by atoms with Crippen LogP contribution < -0.4 is 5.32 Å². The average molecular weight is 481 g/mol. The minimum absolute atomic E-state index is 0.178. The van der Waals surface area contributed by atoms with Crippen LogP contribution in [0.2, 0.25) is 0 Å². The van der Waals surface area contributed by atoms with Gasteiger partial charge in [0.05, 0.1) is 23.3 Å². The Labute approximate surface area is 189 Å². The van der Waals surface area contributed by atoms with E-state index in [2.05, 4.69) is 15.3 Å². The summed E-state index contributed by atoms with van der Waals surface area (Å²) in [5, 5.41) is 3.01. The minimum atomic E-state index is -4.59. The number of imidazole rings is 1. The van der Waals surface area contributed by atoms with Crippen LogP contribution in [0.15, 0.2) is 48.5 Å². The third-order valence-electron chi connectivity index (χ3n) is 5.82. The van der Waals surface area contributed by atoms with Crippen LogP contribution in [0.4, 0.5) is 13.2 Å². The molecule has 1 fully saturated rings. The normalized spacial score (nSPS) is 17.2. The first-order valence-electron chi connectivity index (χ1n) is 10.4. The molecule has 2 aromatic carbocycles. The van der Waals surface area contributed by atoms with E-state index in [0.717, 1.165) is 11.8 Å². The summed E-state index contributed by atoms with van der Waals surface area (Å²) in [5.74, 6) is -1.66. The van der Waals surface area contributed by atoms with Gasteiger partial charge in [-0.15, -0.1) is 0 Å². The number of aromatic nitrogens is 2. The zero-order valence-electron chi connectivity index (χ0n) is 17.8. The summed E-state index contributed by atoms with van der Waals surface area (Å²) in [6.07, 6.45) is -2.65. The topological polar surface area (TPSA) is 95.2 Å². The number of carbonyl (C=O) groups excluding carboxylic acids is 1. The lowest BCUT2D eigenvalue weighted by Gasteiger charge is -2.30. The molecule has 2 heterocycles. The van der Waals surface area contributed by atoms with Crippen molar-refractivity contribution in [2.24, 2.45) is 5.92 Å². The number of nitrogens with zero attached hydrogens (tertiary/aromatic N) is 2. The Kier molecular flexibility index (Phi) is 6.19. The van der Waals surface area contributed by atoms with Gasteiger partial charge in [0, 0.05) is 19.0 Å². The number of hydrogen-bond acceptors (Lipinski definition) is 4. The molecule has 33 heavy (non-hydrogen) atoms. The van der Waals surface area contributed by atoms with Crippen molar-refractivity contribution in [2.45, 2.75) is 25.1 Å². The Balaban J connectivity index is 1.60. The summed E-state index contributed by atoms with van der Waals surface area (Å²) in [6, 6.07) is 13.2. The van der Waals surface area contributed by atoms with Crippen molar-refractivity contribution in [3.05, 3.63) is 65.5 Å². The fourth-order valence-electron chi connectivity index (χ4n) is 4.06. The van der Waals surface area contributed by atoms with E-state index in [1.54, 1.807) is 12.1 Å². The van der Waals surface area contributed by atoms with E-state index in [0.29, 0.717) is 18.4 Å². The SMILES string of the molecule is CS(=O)(=O)N1CCC(C(=O)NC(c2ccccc2)c2ccc3nc(C(F)(F)F)[nH]c3c2)CC1. The molecule has 1 saturated heterocycles. The number of amides is 1. The van der Waals surface area contributed by atoms with Crippen molar-refractivity contribution in [1.29, 1.82) is 0 Å². The fraction of sp³-hybridized carbons (Fsp3) is 0.364. The van der Waals surface area contributed by atoms with Crippen LogP contribution in [0, 0.1) is 5.92 Å². The Morgan fingerprint density at radius 1 is 1.12 bits per heavy atom. The van der Waals surface area contributed by atoms with E-state index in [9.17, 15) is 26.4 Å². The highest BCUT2D eigenvalue weighted by Gasteiger charge is 2.35.